The van der Waals surface area contributed by atoms with E-state index in [0.29, 0.717) is 5.92 Å². The zero-order valence-corrected chi connectivity index (χ0v) is 6.65. The normalized spacial score (nSPS) is 15.2. The Labute approximate surface area is 58.3 Å². The molecule has 1 unspecified atom stereocenters. The summed E-state index contributed by atoms with van der Waals surface area (Å²) in [5, 5.41) is 0. The smallest absolute Gasteiger partial charge is 0.0227 e. The Kier molecular flexibility index (Phi) is 4.12. The van der Waals surface area contributed by atoms with Crippen LogP contribution in [0.2, 0.25) is 0 Å². The topological polar surface area (TPSA) is 0 Å². The molecule has 0 saturated carbocycles. The molecule has 0 N–H and O–H groups in total. The predicted molar refractivity (Wildman–Crippen MR) is 43.4 cm³/mol. The largest absolute Gasteiger partial charge is 0.103 e. The van der Waals surface area contributed by atoms with Crippen LogP contribution in [0.15, 0.2) is 24.3 Å². The summed E-state index contributed by atoms with van der Waals surface area (Å²) in [6, 6.07) is 0. The van der Waals surface area contributed by atoms with Crippen molar-refractivity contribution in [1.82, 2.24) is 0 Å². The first-order chi connectivity index (χ1) is 4.20. The zero-order valence-electron chi connectivity index (χ0n) is 6.65. The van der Waals surface area contributed by atoms with Gasteiger partial charge >= 0.3 is 0 Å². The van der Waals surface area contributed by atoms with Crippen molar-refractivity contribution in [2.75, 3.05) is 0 Å². The highest BCUT2D eigenvalue weighted by atomic mass is 14.0. The van der Waals surface area contributed by atoms with Gasteiger partial charge in [-0.15, -0.1) is 6.58 Å². The molecular weight excluding hydrogens is 108 g/mol. The molecule has 0 amide bonds. The summed E-state index contributed by atoms with van der Waals surface area (Å²) in [6.45, 7) is 10.1. The highest BCUT2D eigenvalue weighted by molar-refractivity contribution is 4.98. The standard InChI is InChI=1S/C9H16/c1-5-8(3)7-9(4)6-2/h5-6,8H,1,7H2,2-4H3/b9-6-. The van der Waals surface area contributed by atoms with Crippen LogP contribution in [0, 0.1) is 5.92 Å². The highest BCUT2D eigenvalue weighted by Gasteiger charge is 1.94. The second kappa shape index (κ2) is 4.37. The van der Waals surface area contributed by atoms with Crippen LogP contribution in [0.1, 0.15) is 27.2 Å². The summed E-state index contributed by atoms with van der Waals surface area (Å²) in [4.78, 5) is 0. The van der Waals surface area contributed by atoms with E-state index in [4.69, 9.17) is 0 Å². The van der Waals surface area contributed by atoms with Crippen molar-refractivity contribution in [3.8, 4) is 0 Å². The van der Waals surface area contributed by atoms with E-state index in [9.17, 15) is 0 Å². The van der Waals surface area contributed by atoms with Gasteiger partial charge in [-0.25, -0.2) is 0 Å². The average Bonchev–Trinajstić information content (AvgIpc) is 1.87. The second-order valence-electron chi connectivity index (χ2n) is 2.55. The van der Waals surface area contributed by atoms with E-state index in [1.54, 1.807) is 0 Å². The molecule has 0 radical (unpaired) electrons. The second-order valence-corrected chi connectivity index (χ2v) is 2.55. The Balaban J connectivity index is 3.59. The van der Waals surface area contributed by atoms with Crippen LogP contribution in [0.3, 0.4) is 0 Å². The van der Waals surface area contributed by atoms with Gasteiger partial charge in [0.2, 0.25) is 0 Å². The zero-order chi connectivity index (χ0) is 7.28. The fourth-order valence-electron chi connectivity index (χ4n) is 0.709. The highest BCUT2D eigenvalue weighted by Crippen LogP contribution is 2.10. The number of allylic oxidation sites excluding steroid dienone is 3. The van der Waals surface area contributed by atoms with Gasteiger partial charge in [0.05, 0.1) is 0 Å². The summed E-state index contributed by atoms with van der Waals surface area (Å²) < 4.78 is 0. The molecule has 9 heavy (non-hydrogen) atoms. The minimum absolute atomic E-state index is 0.626. The Hall–Kier alpha value is -0.520. The van der Waals surface area contributed by atoms with Gasteiger partial charge in [-0.1, -0.05) is 24.6 Å². The van der Waals surface area contributed by atoms with Crippen LogP contribution in [-0.2, 0) is 0 Å². The van der Waals surface area contributed by atoms with Crippen molar-refractivity contribution in [1.29, 1.82) is 0 Å². The first-order valence-corrected chi connectivity index (χ1v) is 3.45. The molecule has 0 heterocycles. The summed E-state index contributed by atoms with van der Waals surface area (Å²) in [6.07, 6.45) is 5.30. The minimum Gasteiger partial charge on any atom is -0.103 e. The van der Waals surface area contributed by atoms with Crippen LogP contribution >= 0.6 is 0 Å². The van der Waals surface area contributed by atoms with Gasteiger partial charge in [0.1, 0.15) is 0 Å². The predicted octanol–water partition coefficient (Wildman–Crippen LogP) is 3.16. The third-order valence-corrected chi connectivity index (χ3v) is 1.54. The van der Waals surface area contributed by atoms with E-state index < -0.39 is 0 Å². The molecule has 0 bridgehead atoms. The van der Waals surface area contributed by atoms with Crippen LogP contribution in [0.4, 0.5) is 0 Å². The number of rotatable bonds is 3. The number of hydrogen-bond acceptors (Lipinski definition) is 0. The fraction of sp³-hybridized carbons (Fsp3) is 0.556. The molecule has 0 aliphatic rings. The minimum atomic E-state index is 0.626. The lowest BCUT2D eigenvalue weighted by atomic mass is 10.0. The lowest BCUT2D eigenvalue weighted by molar-refractivity contribution is 0.717. The summed E-state index contributed by atoms with van der Waals surface area (Å²) in [5.41, 5.74) is 1.45. The van der Waals surface area contributed by atoms with Gasteiger partial charge in [-0.3, -0.25) is 0 Å². The van der Waals surface area contributed by atoms with Crippen molar-refractivity contribution in [3.05, 3.63) is 24.3 Å². The first-order valence-electron chi connectivity index (χ1n) is 3.45. The molecule has 0 nitrogen and oxygen atoms in total. The maximum Gasteiger partial charge on any atom is -0.0227 e. The maximum absolute atomic E-state index is 3.72. The quantitative estimate of drug-likeness (QED) is 0.507. The molecule has 0 spiro atoms. The maximum atomic E-state index is 3.72. The molecule has 0 fully saturated rings. The van der Waals surface area contributed by atoms with Crippen molar-refractivity contribution in [2.24, 2.45) is 5.92 Å². The van der Waals surface area contributed by atoms with Crippen molar-refractivity contribution in [2.45, 2.75) is 27.2 Å². The van der Waals surface area contributed by atoms with Gasteiger partial charge in [0, 0.05) is 0 Å². The van der Waals surface area contributed by atoms with E-state index in [2.05, 4.69) is 33.4 Å². The molecule has 52 valence electrons. The van der Waals surface area contributed by atoms with Gasteiger partial charge in [0.25, 0.3) is 0 Å². The molecule has 0 saturated heterocycles. The molecule has 0 heteroatoms. The third-order valence-electron chi connectivity index (χ3n) is 1.54. The first kappa shape index (κ1) is 8.48. The van der Waals surface area contributed by atoms with Crippen LogP contribution in [-0.4, -0.2) is 0 Å². The Morgan fingerprint density at radius 1 is 1.67 bits per heavy atom. The van der Waals surface area contributed by atoms with E-state index in [1.807, 2.05) is 6.08 Å². The molecule has 0 aromatic rings. The monoisotopic (exact) mass is 124 g/mol. The molecule has 1 atom stereocenters. The van der Waals surface area contributed by atoms with Gasteiger partial charge in [-0.05, 0) is 26.2 Å². The molecule has 0 aliphatic heterocycles. The van der Waals surface area contributed by atoms with E-state index in [1.165, 1.54) is 5.57 Å². The summed E-state index contributed by atoms with van der Waals surface area (Å²) in [7, 11) is 0. The summed E-state index contributed by atoms with van der Waals surface area (Å²) in [5.74, 6) is 0.626. The van der Waals surface area contributed by atoms with Crippen molar-refractivity contribution < 1.29 is 0 Å². The fourth-order valence-corrected chi connectivity index (χ4v) is 0.709. The summed E-state index contributed by atoms with van der Waals surface area (Å²) >= 11 is 0. The Morgan fingerprint density at radius 3 is 2.56 bits per heavy atom. The van der Waals surface area contributed by atoms with Gasteiger partial charge in [0.15, 0.2) is 0 Å². The third kappa shape index (κ3) is 4.01. The van der Waals surface area contributed by atoms with Crippen molar-refractivity contribution in [3.63, 3.8) is 0 Å². The molecular formula is C9H16. The average molecular weight is 124 g/mol. The van der Waals surface area contributed by atoms with Crippen molar-refractivity contribution >= 4 is 0 Å². The van der Waals surface area contributed by atoms with Gasteiger partial charge < -0.3 is 0 Å². The van der Waals surface area contributed by atoms with Crippen LogP contribution in [0.25, 0.3) is 0 Å². The SMILES string of the molecule is C=CC(C)C/C(C)=C\C. The number of hydrogen-bond donors (Lipinski definition) is 0. The van der Waals surface area contributed by atoms with E-state index >= 15 is 0 Å². The molecule has 0 aromatic heterocycles. The van der Waals surface area contributed by atoms with Gasteiger partial charge in [-0.2, -0.15) is 0 Å². The lowest BCUT2D eigenvalue weighted by Crippen LogP contribution is -1.88. The Bertz CT molecular complexity index is 109. The van der Waals surface area contributed by atoms with Crippen LogP contribution < -0.4 is 0 Å². The molecule has 0 aliphatic carbocycles. The molecule has 0 rings (SSSR count). The van der Waals surface area contributed by atoms with E-state index in [0.717, 1.165) is 6.42 Å². The van der Waals surface area contributed by atoms with E-state index in [-0.39, 0.29) is 0 Å². The Morgan fingerprint density at radius 2 is 2.22 bits per heavy atom. The molecule has 0 aromatic carbocycles. The van der Waals surface area contributed by atoms with Crippen LogP contribution in [0.5, 0.6) is 0 Å². The lowest BCUT2D eigenvalue weighted by Gasteiger charge is -2.03.